The Balaban J connectivity index is 1.72. The third-order valence-electron chi connectivity index (χ3n) is 5.01. The van der Waals surface area contributed by atoms with E-state index in [1.54, 1.807) is 0 Å². The monoisotopic (exact) mass is 374 g/mol. The molecule has 1 aromatic heterocycles. The molecule has 8 nitrogen and oxygen atoms in total. The molecule has 136 valence electrons. The molecule has 0 radical (unpaired) electrons. The Morgan fingerprint density at radius 2 is 2.19 bits per heavy atom. The van der Waals surface area contributed by atoms with E-state index in [1.807, 2.05) is 0 Å². The van der Waals surface area contributed by atoms with Gasteiger partial charge in [-0.15, -0.1) is 17.1 Å². The van der Waals surface area contributed by atoms with Gasteiger partial charge in [0.2, 0.25) is 0 Å². The number of likely N-dealkylation sites (N-methyl/N-ethyl adjacent to an activating group) is 1. The average molecular weight is 374 g/mol. The number of quaternary nitrogens is 1. The molecule has 1 aromatic carbocycles. The maximum Gasteiger partial charge on any atom is 0.276 e. The smallest absolute Gasteiger partial charge is 0.276 e. The van der Waals surface area contributed by atoms with Crippen molar-refractivity contribution in [1.29, 1.82) is 0 Å². The maximum atomic E-state index is 12.7. The number of hydrogen-bond donors (Lipinski definition) is 3. The Labute approximate surface area is 153 Å². The Morgan fingerprint density at radius 3 is 2.92 bits per heavy atom. The first kappa shape index (κ1) is 16.8. The number of carbonyl (C=O) groups is 1. The topological polar surface area (TPSA) is 112 Å². The zero-order valence-electron chi connectivity index (χ0n) is 14.1. The van der Waals surface area contributed by atoms with E-state index in [0.29, 0.717) is 5.56 Å². The van der Waals surface area contributed by atoms with Crippen LogP contribution in [0.3, 0.4) is 0 Å². The van der Waals surface area contributed by atoms with Gasteiger partial charge in [-0.25, -0.2) is 0 Å². The van der Waals surface area contributed by atoms with E-state index in [-0.39, 0.29) is 22.9 Å². The summed E-state index contributed by atoms with van der Waals surface area (Å²) in [6, 6.07) is 3.55. The van der Waals surface area contributed by atoms with Crippen LogP contribution in [0.15, 0.2) is 18.2 Å². The van der Waals surface area contributed by atoms with E-state index < -0.39 is 11.1 Å². The molecule has 2 aliphatic rings. The van der Waals surface area contributed by atoms with E-state index >= 15 is 0 Å². The van der Waals surface area contributed by atoms with Crippen LogP contribution in [0.1, 0.15) is 39.5 Å². The predicted octanol–water partition coefficient (Wildman–Crippen LogP) is 0.545. The number of rotatable bonds is 3. The molecule has 2 aliphatic heterocycles. The highest BCUT2D eigenvalue weighted by molar-refractivity contribution is 7.16. The maximum absolute atomic E-state index is 12.7. The fourth-order valence-corrected chi connectivity index (χ4v) is 4.98. The van der Waals surface area contributed by atoms with Crippen molar-refractivity contribution in [2.75, 3.05) is 18.4 Å². The summed E-state index contributed by atoms with van der Waals surface area (Å²) in [5, 5.41) is 29.7. The normalized spacial score (nSPS) is 21.3. The minimum absolute atomic E-state index is 0.175. The van der Waals surface area contributed by atoms with Crippen LogP contribution in [0.2, 0.25) is 0 Å². The van der Waals surface area contributed by atoms with Crippen molar-refractivity contribution in [3.05, 3.63) is 49.9 Å². The molecule has 2 aromatic rings. The molecular weight excluding hydrogens is 356 g/mol. The van der Waals surface area contributed by atoms with Crippen LogP contribution in [0, 0.1) is 10.1 Å². The first-order valence-corrected chi connectivity index (χ1v) is 9.30. The van der Waals surface area contributed by atoms with Crippen LogP contribution in [0.5, 0.6) is 5.75 Å². The van der Waals surface area contributed by atoms with Crippen LogP contribution in [0.25, 0.3) is 0 Å². The van der Waals surface area contributed by atoms with Crippen LogP contribution >= 0.6 is 11.3 Å². The Hall–Kier alpha value is -2.65. The third kappa shape index (κ3) is 2.69. The van der Waals surface area contributed by atoms with Crippen LogP contribution in [0.4, 0.5) is 10.7 Å². The van der Waals surface area contributed by atoms with Crippen molar-refractivity contribution >= 4 is 27.9 Å². The molecule has 0 spiro atoms. The van der Waals surface area contributed by atoms with Gasteiger partial charge in [-0.05, 0) is 12.5 Å². The fourth-order valence-electron chi connectivity index (χ4n) is 3.64. The number of nitrogens with zero attached hydrogens (tertiary/aromatic N) is 1. The molecule has 26 heavy (non-hydrogen) atoms. The molecule has 1 unspecified atom stereocenters. The SMILES string of the molecule is CC[NH+]1CCc2c(sc3c2C(=O)N[C@H](c2cc([O-])ccc2[N+](=O)[O-])N3)C1. The molecule has 3 N–H and O–H groups in total. The Kier molecular flexibility index (Phi) is 4.04. The van der Waals surface area contributed by atoms with Gasteiger partial charge >= 0.3 is 0 Å². The summed E-state index contributed by atoms with van der Waals surface area (Å²) in [5.74, 6) is -0.577. The number of benzene rings is 1. The Morgan fingerprint density at radius 1 is 1.38 bits per heavy atom. The number of thiophene rings is 1. The minimum Gasteiger partial charge on any atom is -0.872 e. The number of carbonyl (C=O) groups excluding carboxylic acids is 1. The van der Waals surface area contributed by atoms with E-state index in [4.69, 9.17) is 0 Å². The van der Waals surface area contributed by atoms with Gasteiger partial charge in [0.05, 0.1) is 34.0 Å². The van der Waals surface area contributed by atoms with Crippen molar-refractivity contribution in [1.82, 2.24) is 5.32 Å². The third-order valence-corrected chi connectivity index (χ3v) is 6.18. The van der Waals surface area contributed by atoms with Crippen molar-refractivity contribution in [3.63, 3.8) is 0 Å². The lowest BCUT2D eigenvalue weighted by Crippen LogP contribution is -3.11. The van der Waals surface area contributed by atoms with Crippen molar-refractivity contribution in [2.24, 2.45) is 0 Å². The first-order chi connectivity index (χ1) is 12.5. The predicted molar refractivity (Wildman–Crippen MR) is 94.5 cm³/mol. The summed E-state index contributed by atoms with van der Waals surface area (Å²) < 4.78 is 0. The second-order valence-electron chi connectivity index (χ2n) is 6.52. The quantitative estimate of drug-likeness (QED) is 0.536. The summed E-state index contributed by atoms with van der Waals surface area (Å²) in [4.78, 5) is 26.1. The standard InChI is InChI=1S/C17H18N4O4S/c1-2-20-6-5-10-13(8-20)26-17-14(10)16(23)18-15(19-17)11-7-9(22)3-4-12(11)21(24)25/h3-4,7,15,19,22H,2,5-6,8H2,1H3,(H,18,23)/t15-/m0/s1. The van der Waals surface area contributed by atoms with E-state index in [1.165, 1.54) is 33.2 Å². The molecule has 0 fully saturated rings. The van der Waals surface area contributed by atoms with E-state index in [2.05, 4.69) is 17.6 Å². The zero-order valence-corrected chi connectivity index (χ0v) is 14.9. The molecule has 4 rings (SSSR count). The molecule has 0 bridgehead atoms. The van der Waals surface area contributed by atoms with Gasteiger partial charge in [0.1, 0.15) is 17.7 Å². The number of nitro groups is 1. The van der Waals surface area contributed by atoms with Gasteiger partial charge in [-0.2, -0.15) is 0 Å². The number of fused-ring (bicyclic) bond motifs is 3. The highest BCUT2D eigenvalue weighted by Crippen LogP contribution is 2.40. The second kappa shape index (κ2) is 6.26. The van der Waals surface area contributed by atoms with Crippen molar-refractivity contribution < 1.29 is 19.7 Å². The van der Waals surface area contributed by atoms with Gasteiger partial charge in [0.25, 0.3) is 11.6 Å². The lowest BCUT2D eigenvalue weighted by atomic mass is 10.00. The van der Waals surface area contributed by atoms with Crippen LogP contribution < -0.4 is 20.6 Å². The molecule has 2 atom stereocenters. The summed E-state index contributed by atoms with van der Waals surface area (Å²) >= 11 is 1.54. The van der Waals surface area contributed by atoms with Crippen LogP contribution in [-0.4, -0.2) is 23.9 Å². The van der Waals surface area contributed by atoms with Gasteiger partial charge < -0.3 is 20.6 Å². The average Bonchev–Trinajstić information content (AvgIpc) is 2.99. The van der Waals surface area contributed by atoms with Crippen molar-refractivity contribution in [2.45, 2.75) is 26.1 Å². The van der Waals surface area contributed by atoms with Gasteiger partial charge in [-0.3, -0.25) is 14.9 Å². The zero-order chi connectivity index (χ0) is 18.4. The largest absolute Gasteiger partial charge is 0.872 e. The molecule has 3 heterocycles. The summed E-state index contributed by atoms with van der Waals surface area (Å²) in [5.41, 5.74) is 1.72. The molecule has 0 aliphatic carbocycles. The Bertz CT molecular complexity index is 910. The van der Waals surface area contributed by atoms with E-state index in [9.17, 15) is 20.0 Å². The number of nitro benzene ring substituents is 1. The fraction of sp³-hybridized carbons (Fsp3) is 0.353. The van der Waals surface area contributed by atoms with Gasteiger partial charge in [0.15, 0.2) is 0 Å². The van der Waals surface area contributed by atoms with Gasteiger partial charge in [0, 0.05) is 12.5 Å². The number of amides is 1. The lowest BCUT2D eigenvalue weighted by Gasteiger charge is -2.27. The highest BCUT2D eigenvalue weighted by atomic mass is 32.1. The number of anilines is 1. The second-order valence-corrected chi connectivity index (χ2v) is 7.62. The number of nitrogens with one attached hydrogen (secondary N) is 3. The molecule has 0 saturated carbocycles. The van der Waals surface area contributed by atoms with Crippen molar-refractivity contribution in [3.8, 4) is 5.75 Å². The summed E-state index contributed by atoms with van der Waals surface area (Å²) in [6.07, 6.45) is 0.0550. The molecule has 9 heteroatoms. The van der Waals surface area contributed by atoms with Crippen LogP contribution in [-0.2, 0) is 13.0 Å². The van der Waals surface area contributed by atoms with Gasteiger partial charge in [-0.1, -0.05) is 12.1 Å². The summed E-state index contributed by atoms with van der Waals surface area (Å²) in [7, 11) is 0. The minimum atomic E-state index is -0.793. The number of hydrogen-bond acceptors (Lipinski definition) is 6. The lowest BCUT2D eigenvalue weighted by molar-refractivity contribution is -0.913. The first-order valence-electron chi connectivity index (χ1n) is 8.48. The molecule has 0 saturated heterocycles. The molecular formula is C17H18N4O4S. The molecule has 1 amide bonds. The highest BCUT2D eigenvalue weighted by Gasteiger charge is 2.35. The van der Waals surface area contributed by atoms with E-state index in [0.717, 1.165) is 42.7 Å². The summed E-state index contributed by atoms with van der Waals surface area (Å²) in [6.45, 7) is 5.06.